The van der Waals surface area contributed by atoms with E-state index in [0.29, 0.717) is 0 Å². The second kappa shape index (κ2) is 4.57. The van der Waals surface area contributed by atoms with Crippen molar-refractivity contribution in [2.24, 2.45) is 5.41 Å². The smallest absolute Gasteiger partial charge is 0.190 e. The van der Waals surface area contributed by atoms with Gasteiger partial charge in [0.15, 0.2) is 17.4 Å². The van der Waals surface area contributed by atoms with Crippen molar-refractivity contribution in [3.05, 3.63) is 29.8 Å². The van der Waals surface area contributed by atoms with Gasteiger partial charge >= 0.3 is 0 Å². The predicted octanol–water partition coefficient (Wildman–Crippen LogP) is 2.36. The lowest BCUT2D eigenvalue weighted by molar-refractivity contribution is 0.0929. The Bertz CT molecular complexity index is 317. The molecule has 0 aliphatic carbocycles. The van der Waals surface area contributed by atoms with E-state index in [4.69, 9.17) is 9.84 Å². The number of ether oxygens (including phenoxy) is 1. The van der Waals surface area contributed by atoms with Gasteiger partial charge in [0, 0.05) is 5.41 Å². The summed E-state index contributed by atoms with van der Waals surface area (Å²) in [6, 6.07) is 3.53. The standard InChI is InChI=1S/C11H14F2O2/c1-11(2,6-14)7-15-10-8(12)4-3-5-9(10)13/h3-5,14H,6-7H2,1-2H3. The zero-order valence-electron chi connectivity index (χ0n) is 8.76. The monoisotopic (exact) mass is 216 g/mol. The molecule has 0 amide bonds. The van der Waals surface area contributed by atoms with E-state index in [9.17, 15) is 8.78 Å². The van der Waals surface area contributed by atoms with Gasteiger partial charge in [0.1, 0.15) is 0 Å². The minimum absolute atomic E-state index is 0.0569. The van der Waals surface area contributed by atoms with Crippen LogP contribution in [0.15, 0.2) is 18.2 Å². The predicted molar refractivity (Wildman–Crippen MR) is 52.7 cm³/mol. The Labute approximate surface area is 87.5 Å². The van der Waals surface area contributed by atoms with Gasteiger partial charge in [-0.25, -0.2) is 8.78 Å². The zero-order chi connectivity index (χ0) is 11.5. The van der Waals surface area contributed by atoms with Crippen LogP contribution >= 0.6 is 0 Å². The number of hydrogen-bond donors (Lipinski definition) is 1. The zero-order valence-corrected chi connectivity index (χ0v) is 8.76. The van der Waals surface area contributed by atoms with Crippen molar-refractivity contribution in [2.75, 3.05) is 13.2 Å². The number of para-hydroxylation sites is 1. The molecule has 0 heterocycles. The van der Waals surface area contributed by atoms with Gasteiger partial charge in [0.25, 0.3) is 0 Å². The molecule has 0 radical (unpaired) electrons. The SMILES string of the molecule is CC(C)(CO)COc1c(F)cccc1F. The average Bonchev–Trinajstić information content (AvgIpc) is 2.17. The molecule has 1 rings (SSSR count). The molecule has 1 N–H and O–H groups in total. The first-order valence-corrected chi connectivity index (χ1v) is 4.64. The van der Waals surface area contributed by atoms with Gasteiger partial charge in [-0.05, 0) is 12.1 Å². The lowest BCUT2D eigenvalue weighted by Crippen LogP contribution is -2.25. The topological polar surface area (TPSA) is 29.5 Å². The third kappa shape index (κ3) is 3.16. The molecule has 1 aromatic carbocycles. The summed E-state index contributed by atoms with van der Waals surface area (Å²) in [4.78, 5) is 0. The average molecular weight is 216 g/mol. The number of rotatable bonds is 4. The Balaban J connectivity index is 2.73. The molecule has 0 fully saturated rings. The molecule has 0 bridgehead atoms. The summed E-state index contributed by atoms with van der Waals surface area (Å²) in [6.45, 7) is 3.43. The van der Waals surface area contributed by atoms with Crippen LogP contribution in [-0.4, -0.2) is 18.3 Å². The van der Waals surface area contributed by atoms with Crippen LogP contribution in [0.3, 0.4) is 0 Å². The highest BCUT2D eigenvalue weighted by atomic mass is 19.1. The van der Waals surface area contributed by atoms with Gasteiger partial charge in [-0.2, -0.15) is 0 Å². The minimum atomic E-state index is -0.733. The van der Waals surface area contributed by atoms with Crippen LogP contribution in [-0.2, 0) is 0 Å². The molecule has 0 aliphatic heterocycles. The van der Waals surface area contributed by atoms with Gasteiger partial charge in [0.05, 0.1) is 13.2 Å². The van der Waals surface area contributed by atoms with Crippen LogP contribution in [0.25, 0.3) is 0 Å². The second-order valence-electron chi connectivity index (χ2n) is 4.16. The third-order valence-corrected chi connectivity index (χ3v) is 1.95. The molecule has 0 aromatic heterocycles. The van der Waals surface area contributed by atoms with Crippen molar-refractivity contribution in [3.63, 3.8) is 0 Å². The summed E-state index contributed by atoms with van der Waals surface area (Å²) in [7, 11) is 0. The Morgan fingerprint density at radius 3 is 2.27 bits per heavy atom. The van der Waals surface area contributed by atoms with Crippen LogP contribution in [0.4, 0.5) is 8.78 Å². The van der Waals surface area contributed by atoms with Gasteiger partial charge < -0.3 is 9.84 Å². The molecule has 0 spiro atoms. The summed E-state index contributed by atoms with van der Waals surface area (Å²) < 4.78 is 31.2. The fourth-order valence-electron chi connectivity index (χ4n) is 0.934. The number of hydrogen-bond acceptors (Lipinski definition) is 2. The number of aliphatic hydroxyl groups excluding tert-OH is 1. The molecule has 0 saturated carbocycles. The number of halogens is 2. The maximum absolute atomic E-state index is 13.1. The van der Waals surface area contributed by atoms with E-state index in [-0.39, 0.29) is 19.0 Å². The van der Waals surface area contributed by atoms with Crippen molar-refractivity contribution < 1.29 is 18.6 Å². The molecule has 0 unspecified atom stereocenters. The van der Waals surface area contributed by atoms with Crippen LogP contribution < -0.4 is 4.74 Å². The Kier molecular flexibility index (Phi) is 3.63. The second-order valence-corrected chi connectivity index (χ2v) is 4.16. The fraction of sp³-hybridized carbons (Fsp3) is 0.455. The molecule has 0 aliphatic rings. The van der Waals surface area contributed by atoms with E-state index in [0.717, 1.165) is 12.1 Å². The maximum Gasteiger partial charge on any atom is 0.190 e. The first kappa shape index (κ1) is 11.9. The molecular weight excluding hydrogens is 202 g/mol. The quantitative estimate of drug-likeness (QED) is 0.837. The van der Waals surface area contributed by atoms with Crippen LogP contribution in [0, 0.1) is 17.0 Å². The summed E-state index contributed by atoms with van der Waals surface area (Å²) >= 11 is 0. The summed E-state index contributed by atoms with van der Waals surface area (Å²) in [6.07, 6.45) is 0. The van der Waals surface area contributed by atoms with E-state index < -0.39 is 17.0 Å². The van der Waals surface area contributed by atoms with E-state index in [2.05, 4.69) is 0 Å². The number of aliphatic hydroxyl groups is 1. The third-order valence-electron chi connectivity index (χ3n) is 1.95. The molecular formula is C11H14F2O2. The lowest BCUT2D eigenvalue weighted by Gasteiger charge is -2.21. The number of benzene rings is 1. The van der Waals surface area contributed by atoms with Crippen LogP contribution in [0.5, 0.6) is 5.75 Å². The maximum atomic E-state index is 13.1. The summed E-state index contributed by atoms with van der Waals surface area (Å²) in [5, 5.41) is 8.94. The Morgan fingerprint density at radius 1 is 1.27 bits per heavy atom. The van der Waals surface area contributed by atoms with Crippen molar-refractivity contribution >= 4 is 0 Å². The van der Waals surface area contributed by atoms with E-state index >= 15 is 0 Å². The summed E-state index contributed by atoms with van der Waals surface area (Å²) in [5.41, 5.74) is -0.519. The van der Waals surface area contributed by atoms with Crippen molar-refractivity contribution in [1.82, 2.24) is 0 Å². The van der Waals surface area contributed by atoms with Gasteiger partial charge in [-0.3, -0.25) is 0 Å². The molecule has 15 heavy (non-hydrogen) atoms. The van der Waals surface area contributed by atoms with Crippen molar-refractivity contribution in [2.45, 2.75) is 13.8 Å². The largest absolute Gasteiger partial charge is 0.487 e. The normalized spacial score (nSPS) is 11.5. The molecule has 0 saturated heterocycles. The highest BCUT2D eigenvalue weighted by molar-refractivity contribution is 5.26. The first-order valence-electron chi connectivity index (χ1n) is 4.64. The van der Waals surface area contributed by atoms with Crippen LogP contribution in [0.2, 0.25) is 0 Å². The molecule has 1 aromatic rings. The van der Waals surface area contributed by atoms with Crippen LogP contribution in [0.1, 0.15) is 13.8 Å². The van der Waals surface area contributed by atoms with E-state index in [1.165, 1.54) is 6.07 Å². The Hall–Kier alpha value is -1.16. The van der Waals surface area contributed by atoms with Crippen molar-refractivity contribution in [1.29, 1.82) is 0 Å². The molecule has 84 valence electrons. The van der Waals surface area contributed by atoms with Crippen molar-refractivity contribution in [3.8, 4) is 5.75 Å². The lowest BCUT2D eigenvalue weighted by atomic mass is 9.96. The Morgan fingerprint density at radius 2 is 1.80 bits per heavy atom. The molecule has 2 nitrogen and oxygen atoms in total. The van der Waals surface area contributed by atoms with E-state index in [1.807, 2.05) is 0 Å². The van der Waals surface area contributed by atoms with Gasteiger partial charge in [-0.15, -0.1) is 0 Å². The van der Waals surface area contributed by atoms with Gasteiger partial charge in [-0.1, -0.05) is 19.9 Å². The first-order chi connectivity index (χ1) is 6.96. The molecule has 4 heteroatoms. The highest BCUT2D eigenvalue weighted by Crippen LogP contribution is 2.23. The van der Waals surface area contributed by atoms with Gasteiger partial charge in [0.2, 0.25) is 0 Å². The highest BCUT2D eigenvalue weighted by Gasteiger charge is 2.19. The summed E-state index contributed by atoms with van der Waals surface area (Å²) in [5.74, 6) is -1.86. The fourth-order valence-corrected chi connectivity index (χ4v) is 0.934. The minimum Gasteiger partial charge on any atom is -0.487 e. The molecule has 0 atom stereocenters. The van der Waals surface area contributed by atoms with E-state index in [1.54, 1.807) is 13.8 Å².